The molecule has 0 spiro atoms. The van der Waals surface area contributed by atoms with E-state index in [1.54, 1.807) is 12.1 Å². The largest absolute Gasteiger partial charge is 0.489 e. The first-order chi connectivity index (χ1) is 9.15. The molecule has 0 saturated carbocycles. The van der Waals surface area contributed by atoms with Crippen LogP contribution in [-0.4, -0.2) is 31.7 Å². The molecule has 0 heterocycles. The third-order valence-corrected chi connectivity index (χ3v) is 2.35. The van der Waals surface area contributed by atoms with Crippen LogP contribution < -0.4 is 15.4 Å². The molecule has 0 aliphatic heterocycles. The van der Waals surface area contributed by atoms with E-state index >= 15 is 0 Å². The number of hydrogen-bond donors (Lipinski definition) is 2. The quantitative estimate of drug-likeness (QED) is 0.443. The first-order valence-electron chi connectivity index (χ1n) is 6.60. The first kappa shape index (κ1) is 18.9. The van der Waals surface area contributed by atoms with Crippen molar-refractivity contribution in [2.75, 3.05) is 19.6 Å². The second-order valence-electron chi connectivity index (χ2n) is 4.13. The van der Waals surface area contributed by atoms with Gasteiger partial charge >= 0.3 is 0 Å². The van der Waals surface area contributed by atoms with Gasteiger partial charge in [0.15, 0.2) is 5.96 Å². The van der Waals surface area contributed by atoms with Crippen LogP contribution in [0.2, 0.25) is 0 Å². The monoisotopic (exact) mass is 395 g/mol. The predicted molar refractivity (Wildman–Crippen MR) is 91.6 cm³/mol. The minimum absolute atomic E-state index is 0. The molecule has 0 amide bonds. The molecule has 0 radical (unpaired) electrons. The van der Waals surface area contributed by atoms with E-state index in [9.17, 15) is 4.39 Å². The highest BCUT2D eigenvalue weighted by molar-refractivity contribution is 14.0. The summed E-state index contributed by atoms with van der Waals surface area (Å²) < 4.78 is 18.4. The number of nitrogens with zero attached hydrogens (tertiary/aromatic N) is 1. The number of ether oxygens (including phenoxy) is 1. The Balaban J connectivity index is 0.00000361. The number of benzene rings is 1. The zero-order valence-corrected chi connectivity index (χ0v) is 14.5. The van der Waals surface area contributed by atoms with Crippen LogP contribution in [0, 0.1) is 5.82 Å². The predicted octanol–water partition coefficient (Wildman–Crippen LogP) is 2.79. The molecule has 0 aliphatic rings. The maximum atomic E-state index is 12.8. The van der Waals surface area contributed by atoms with E-state index < -0.39 is 0 Å². The van der Waals surface area contributed by atoms with Crippen molar-refractivity contribution < 1.29 is 9.13 Å². The number of guanidine groups is 1. The van der Waals surface area contributed by atoms with E-state index in [2.05, 4.69) is 15.6 Å². The first-order valence-corrected chi connectivity index (χ1v) is 6.60. The van der Waals surface area contributed by atoms with Gasteiger partial charge in [0.1, 0.15) is 17.7 Å². The molecule has 20 heavy (non-hydrogen) atoms. The Hall–Kier alpha value is -1.05. The summed E-state index contributed by atoms with van der Waals surface area (Å²) in [6.45, 7) is 8.14. The summed E-state index contributed by atoms with van der Waals surface area (Å²) in [5.74, 6) is 1.16. The molecular weight excluding hydrogens is 372 g/mol. The third-order valence-electron chi connectivity index (χ3n) is 2.35. The summed E-state index contributed by atoms with van der Waals surface area (Å²) in [5.41, 5.74) is 0. The lowest BCUT2D eigenvalue weighted by Gasteiger charge is -2.14. The maximum Gasteiger partial charge on any atom is 0.191 e. The highest BCUT2D eigenvalue weighted by Gasteiger charge is 2.04. The topological polar surface area (TPSA) is 45.7 Å². The standard InChI is InChI=1S/C14H22FN3O.HI/c1-4-16-14(17-5-2)18-10-11(3)19-13-8-6-12(15)7-9-13;/h6-9,11H,4-5,10H2,1-3H3,(H2,16,17,18);1H. The highest BCUT2D eigenvalue weighted by atomic mass is 127. The smallest absolute Gasteiger partial charge is 0.191 e. The van der Waals surface area contributed by atoms with Gasteiger partial charge in [-0.05, 0) is 45.0 Å². The fourth-order valence-electron chi connectivity index (χ4n) is 1.51. The second-order valence-corrected chi connectivity index (χ2v) is 4.13. The van der Waals surface area contributed by atoms with Crippen molar-refractivity contribution in [2.24, 2.45) is 4.99 Å². The van der Waals surface area contributed by atoms with Gasteiger partial charge in [0, 0.05) is 13.1 Å². The molecule has 2 N–H and O–H groups in total. The van der Waals surface area contributed by atoms with E-state index in [1.807, 2.05) is 20.8 Å². The van der Waals surface area contributed by atoms with Crippen LogP contribution in [-0.2, 0) is 0 Å². The average molecular weight is 395 g/mol. The van der Waals surface area contributed by atoms with Crippen LogP contribution in [0.3, 0.4) is 0 Å². The Kier molecular flexibility index (Phi) is 10.1. The summed E-state index contributed by atoms with van der Waals surface area (Å²) in [6, 6.07) is 6.00. The number of rotatable bonds is 6. The van der Waals surface area contributed by atoms with Gasteiger partial charge in [-0.2, -0.15) is 0 Å². The summed E-state index contributed by atoms with van der Waals surface area (Å²) in [7, 11) is 0. The zero-order valence-electron chi connectivity index (χ0n) is 12.1. The van der Waals surface area contributed by atoms with Crippen LogP contribution in [0.25, 0.3) is 0 Å². The fourth-order valence-corrected chi connectivity index (χ4v) is 1.51. The molecule has 114 valence electrons. The molecule has 1 aromatic carbocycles. The molecule has 0 aliphatic carbocycles. The Morgan fingerprint density at radius 2 is 1.75 bits per heavy atom. The molecule has 1 rings (SSSR count). The molecule has 0 saturated heterocycles. The summed E-state index contributed by atoms with van der Waals surface area (Å²) >= 11 is 0. The highest BCUT2D eigenvalue weighted by Crippen LogP contribution is 2.12. The Labute approximate surface area is 137 Å². The molecule has 1 atom stereocenters. The van der Waals surface area contributed by atoms with Crippen LogP contribution in [0.1, 0.15) is 20.8 Å². The van der Waals surface area contributed by atoms with E-state index in [-0.39, 0.29) is 35.9 Å². The fraction of sp³-hybridized carbons (Fsp3) is 0.500. The molecule has 0 fully saturated rings. The van der Waals surface area contributed by atoms with Crippen molar-refractivity contribution in [3.8, 4) is 5.75 Å². The third kappa shape index (κ3) is 7.52. The second kappa shape index (κ2) is 10.7. The zero-order chi connectivity index (χ0) is 14.1. The van der Waals surface area contributed by atoms with Crippen molar-refractivity contribution in [1.82, 2.24) is 10.6 Å². The average Bonchev–Trinajstić information content (AvgIpc) is 2.39. The number of halogens is 2. The number of nitrogens with one attached hydrogen (secondary N) is 2. The molecule has 6 heteroatoms. The molecule has 0 aromatic heterocycles. The Morgan fingerprint density at radius 1 is 1.20 bits per heavy atom. The van der Waals surface area contributed by atoms with Gasteiger partial charge in [0.25, 0.3) is 0 Å². The van der Waals surface area contributed by atoms with Gasteiger partial charge < -0.3 is 15.4 Å². The van der Waals surface area contributed by atoms with Crippen molar-refractivity contribution in [3.63, 3.8) is 0 Å². The molecule has 0 bridgehead atoms. The van der Waals surface area contributed by atoms with Gasteiger partial charge in [-0.25, -0.2) is 9.38 Å². The van der Waals surface area contributed by atoms with Crippen molar-refractivity contribution in [1.29, 1.82) is 0 Å². The molecule has 4 nitrogen and oxygen atoms in total. The minimum Gasteiger partial charge on any atom is -0.489 e. The SMILES string of the molecule is CCNC(=NCC(C)Oc1ccc(F)cc1)NCC.I. The van der Waals surface area contributed by atoms with E-state index in [4.69, 9.17) is 4.74 Å². The summed E-state index contributed by atoms with van der Waals surface area (Å²) in [5, 5.41) is 6.29. The van der Waals surface area contributed by atoms with Crippen LogP contribution in [0.4, 0.5) is 4.39 Å². The van der Waals surface area contributed by atoms with E-state index in [0.717, 1.165) is 19.0 Å². The normalized spacial score (nSPS) is 11.0. The molecule has 1 aromatic rings. The maximum absolute atomic E-state index is 12.8. The summed E-state index contributed by atoms with van der Waals surface area (Å²) in [6.07, 6.45) is -0.0715. The van der Waals surface area contributed by atoms with Gasteiger partial charge in [-0.3, -0.25) is 0 Å². The van der Waals surface area contributed by atoms with E-state index in [1.165, 1.54) is 12.1 Å². The van der Waals surface area contributed by atoms with E-state index in [0.29, 0.717) is 12.3 Å². The van der Waals surface area contributed by atoms with Crippen molar-refractivity contribution in [3.05, 3.63) is 30.1 Å². The molecule has 1 unspecified atom stereocenters. The lowest BCUT2D eigenvalue weighted by molar-refractivity contribution is 0.230. The van der Waals surface area contributed by atoms with Gasteiger partial charge in [0.2, 0.25) is 0 Å². The lowest BCUT2D eigenvalue weighted by atomic mass is 10.3. The van der Waals surface area contributed by atoms with Crippen molar-refractivity contribution >= 4 is 29.9 Å². The van der Waals surface area contributed by atoms with Gasteiger partial charge in [-0.15, -0.1) is 24.0 Å². The van der Waals surface area contributed by atoms with Crippen LogP contribution in [0.15, 0.2) is 29.3 Å². The van der Waals surface area contributed by atoms with Crippen LogP contribution in [0.5, 0.6) is 5.75 Å². The number of aliphatic imine (C=N–C) groups is 1. The molecular formula is C14H23FIN3O. The van der Waals surface area contributed by atoms with Gasteiger partial charge in [-0.1, -0.05) is 0 Å². The van der Waals surface area contributed by atoms with Crippen LogP contribution >= 0.6 is 24.0 Å². The summed E-state index contributed by atoms with van der Waals surface area (Å²) in [4.78, 5) is 4.41. The minimum atomic E-state index is -0.264. The Bertz CT molecular complexity index is 390. The number of hydrogen-bond acceptors (Lipinski definition) is 2. The lowest BCUT2D eigenvalue weighted by Crippen LogP contribution is -2.37. The Morgan fingerprint density at radius 3 is 2.25 bits per heavy atom. The van der Waals surface area contributed by atoms with Crippen molar-refractivity contribution in [2.45, 2.75) is 26.9 Å². The van der Waals surface area contributed by atoms with Gasteiger partial charge in [0.05, 0.1) is 6.54 Å².